The Balaban J connectivity index is 0.000000160. The summed E-state index contributed by atoms with van der Waals surface area (Å²) in [6.07, 6.45) is 9.25. The molecule has 23 heavy (non-hydrogen) atoms. The third kappa shape index (κ3) is 4.63. The third-order valence-corrected chi connectivity index (χ3v) is 4.68. The zero-order valence-corrected chi connectivity index (χ0v) is 14.9. The van der Waals surface area contributed by atoms with E-state index >= 15 is 0 Å². The van der Waals surface area contributed by atoms with E-state index in [4.69, 9.17) is 0 Å². The van der Waals surface area contributed by atoms with Gasteiger partial charge in [-0.2, -0.15) is 0 Å². The standard InChI is InChI=1S/C9H15NO.C9H8NO.Mg/c2*11-8-5-1-3-7-4-2-6-10-9(7)8;/h7-9H,1-6H2;1-5,11H,6H2;/q-2;-1;+2/p-1. The summed E-state index contributed by atoms with van der Waals surface area (Å²) >= 11 is 0. The van der Waals surface area contributed by atoms with Gasteiger partial charge in [0.25, 0.3) is 0 Å². The van der Waals surface area contributed by atoms with Crippen molar-refractivity contribution in [1.82, 2.24) is 0 Å². The van der Waals surface area contributed by atoms with E-state index in [0.717, 1.165) is 24.9 Å². The minimum atomic E-state index is -0.367. The van der Waals surface area contributed by atoms with Gasteiger partial charge in [0.15, 0.2) is 0 Å². The van der Waals surface area contributed by atoms with Crippen molar-refractivity contribution in [1.29, 1.82) is 0 Å². The van der Waals surface area contributed by atoms with Crippen LogP contribution in [0.5, 0.6) is 5.75 Å². The Kier molecular flexibility index (Phi) is 7.21. The number of hydrogen-bond acceptors (Lipinski definition) is 2. The molecular weight excluding hydrogens is 301 g/mol. The van der Waals surface area contributed by atoms with Gasteiger partial charge in [0.2, 0.25) is 0 Å². The Bertz CT molecular complexity index is 534. The van der Waals surface area contributed by atoms with Crippen LogP contribution in [0.15, 0.2) is 24.3 Å². The maximum Gasteiger partial charge on any atom is 2.00 e. The summed E-state index contributed by atoms with van der Waals surface area (Å²) in [6, 6.07) is 5.39. The van der Waals surface area contributed by atoms with Gasteiger partial charge in [-0.15, -0.1) is 42.7 Å². The number of para-hydroxylation sites is 1. The van der Waals surface area contributed by atoms with Crippen molar-refractivity contribution in [2.24, 2.45) is 5.92 Å². The Labute approximate surface area is 154 Å². The van der Waals surface area contributed by atoms with Crippen molar-refractivity contribution < 1.29 is 10.2 Å². The van der Waals surface area contributed by atoms with Crippen molar-refractivity contribution in [3.63, 3.8) is 0 Å². The molecule has 4 rings (SSSR count). The largest absolute Gasteiger partial charge is 2.00 e. The maximum atomic E-state index is 11.4. The molecule has 120 valence electrons. The first-order valence-corrected chi connectivity index (χ1v) is 8.22. The Morgan fingerprint density at radius 2 is 1.91 bits per heavy atom. The van der Waals surface area contributed by atoms with Gasteiger partial charge in [-0.05, 0) is 5.56 Å². The molecule has 1 aromatic carbocycles. The van der Waals surface area contributed by atoms with Gasteiger partial charge in [0, 0.05) is 0 Å². The van der Waals surface area contributed by atoms with Gasteiger partial charge in [0.05, 0.1) is 0 Å². The molecule has 2 heterocycles. The van der Waals surface area contributed by atoms with Crippen LogP contribution >= 0.6 is 0 Å². The molecule has 0 radical (unpaired) electrons. The predicted octanol–water partition coefficient (Wildman–Crippen LogP) is 2.46. The van der Waals surface area contributed by atoms with Crippen LogP contribution in [0, 0.1) is 5.92 Å². The van der Waals surface area contributed by atoms with E-state index in [-0.39, 0.29) is 40.9 Å². The van der Waals surface area contributed by atoms with E-state index in [1.54, 1.807) is 12.1 Å². The summed E-state index contributed by atoms with van der Waals surface area (Å²) in [5, 5.41) is 31.1. The first-order chi connectivity index (χ1) is 10.8. The molecule has 3 unspecified atom stereocenters. The van der Waals surface area contributed by atoms with E-state index in [0.29, 0.717) is 18.2 Å². The molecule has 1 saturated carbocycles. The molecule has 0 amide bonds. The van der Waals surface area contributed by atoms with Crippen molar-refractivity contribution in [3.8, 4) is 5.75 Å². The number of hydrogen-bond donors (Lipinski definition) is 0. The first-order valence-electron chi connectivity index (χ1n) is 8.22. The molecule has 3 atom stereocenters. The molecule has 2 aliphatic heterocycles. The number of benzene rings is 1. The second kappa shape index (κ2) is 8.92. The predicted molar refractivity (Wildman–Crippen MR) is 90.9 cm³/mol. The van der Waals surface area contributed by atoms with E-state index in [1.807, 2.05) is 18.2 Å². The topological polar surface area (TPSA) is 74.3 Å². The quantitative estimate of drug-likeness (QED) is 0.688. The fourth-order valence-electron chi connectivity index (χ4n) is 3.57. The summed E-state index contributed by atoms with van der Waals surface area (Å²) in [7, 11) is 0. The van der Waals surface area contributed by atoms with Crippen molar-refractivity contribution in [2.75, 3.05) is 13.1 Å². The third-order valence-electron chi connectivity index (χ3n) is 4.68. The second-order valence-electron chi connectivity index (χ2n) is 6.21. The molecule has 0 spiro atoms. The smallest absolute Gasteiger partial charge is 0.873 e. The number of rotatable bonds is 0. The van der Waals surface area contributed by atoms with E-state index < -0.39 is 0 Å². The van der Waals surface area contributed by atoms with Gasteiger partial charge in [0.1, 0.15) is 0 Å². The monoisotopic (exact) mass is 322 g/mol. The molecule has 5 heteroatoms. The zero-order valence-electron chi connectivity index (χ0n) is 13.5. The molecule has 1 saturated heterocycles. The molecule has 0 N–H and O–H groups in total. The van der Waals surface area contributed by atoms with E-state index in [2.05, 4.69) is 10.6 Å². The fraction of sp³-hybridized carbons (Fsp3) is 0.556. The summed E-state index contributed by atoms with van der Waals surface area (Å²) < 4.78 is 0. The van der Waals surface area contributed by atoms with Crippen molar-refractivity contribution >= 4 is 34.8 Å². The van der Waals surface area contributed by atoms with E-state index in [9.17, 15) is 10.2 Å². The van der Waals surface area contributed by atoms with Crippen LogP contribution in [-0.2, 0) is 0 Å². The molecule has 0 bridgehead atoms. The van der Waals surface area contributed by atoms with Crippen LogP contribution in [0.2, 0.25) is 0 Å². The van der Waals surface area contributed by atoms with Crippen LogP contribution in [-0.4, -0.2) is 48.3 Å². The molecule has 4 nitrogen and oxygen atoms in total. The molecule has 3 aliphatic rings. The number of fused-ring (bicyclic) bond motifs is 2. The van der Waals surface area contributed by atoms with Crippen molar-refractivity contribution in [3.05, 3.63) is 40.5 Å². The van der Waals surface area contributed by atoms with Gasteiger partial charge >= 0.3 is 23.1 Å². The van der Waals surface area contributed by atoms with Gasteiger partial charge in [-0.25, -0.2) is 0 Å². The van der Waals surface area contributed by atoms with Crippen LogP contribution in [0.3, 0.4) is 0 Å². The number of piperidine rings is 1. The average Bonchev–Trinajstić information content (AvgIpc) is 2.57. The molecule has 2 fully saturated rings. The van der Waals surface area contributed by atoms with E-state index in [1.165, 1.54) is 19.3 Å². The van der Waals surface area contributed by atoms with Crippen LogP contribution in [0.4, 0.5) is 5.69 Å². The molecule has 1 aliphatic carbocycles. The average molecular weight is 323 g/mol. The van der Waals surface area contributed by atoms with Crippen molar-refractivity contribution in [2.45, 2.75) is 44.2 Å². The second-order valence-corrected chi connectivity index (χ2v) is 6.21. The van der Waals surface area contributed by atoms with Crippen LogP contribution in [0.1, 0.15) is 37.7 Å². The zero-order chi connectivity index (χ0) is 15.4. The number of nitrogens with zero attached hydrogens (tertiary/aromatic N) is 2. The summed E-state index contributed by atoms with van der Waals surface area (Å²) in [4.78, 5) is 0. The SMILES string of the molecule is [Mg+2].[O-]C1CCCC2CCC[N-]C12.[O-]c1cccc2c1[N-]CC=C2. The molecule has 0 aromatic heterocycles. The van der Waals surface area contributed by atoms with Crippen LogP contribution < -0.4 is 10.2 Å². The van der Waals surface area contributed by atoms with Gasteiger partial charge in [-0.3, -0.25) is 0 Å². The first kappa shape index (κ1) is 18.6. The Morgan fingerprint density at radius 1 is 1.09 bits per heavy atom. The summed E-state index contributed by atoms with van der Waals surface area (Å²) in [6.45, 7) is 1.58. The van der Waals surface area contributed by atoms with Crippen LogP contribution in [0.25, 0.3) is 16.7 Å². The molecular formula is C18H22MgN2O2-2. The Hall–Kier alpha value is -0.754. The van der Waals surface area contributed by atoms with Gasteiger partial charge in [-0.1, -0.05) is 62.3 Å². The summed E-state index contributed by atoms with van der Waals surface area (Å²) in [5.41, 5.74) is 1.54. The normalized spacial score (nSPS) is 28.1. The fourth-order valence-corrected chi connectivity index (χ4v) is 3.57. The minimum Gasteiger partial charge on any atom is -0.873 e. The maximum absolute atomic E-state index is 11.4. The minimum absolute atomic E-state index is 0. The summed E-state index contributed by atoms with van der Waals surface area (Å²) in [5.74, 6) is 0.673. The molecule has 1 aromatic rings. The Morgan fingerprint density at radius 3 is 2.70 bits per heavy atom. The van der Waals surface area contributed by atoms with Gasteiger partial charge < -0.3 is 20.8 Å².